The Hall–Kier alpha value is -3.45. The molecule has 0 aliphatic heterocycles. The highest BCUT2D eigenvalue weighted by Gasteiger charge is 2.31. The van der Waals surface area contributed by atoms with E-state index in [-0.39, 0.29) is 17.8 Å². The molecule has 1 saturated carbocycles. The van der Waals surface area contributed by atoms with Crippen molar-refractivity contribution in [2.24, 2.45) is 0 Å². The van der Waals surface area contributed by atoms with E-state index in [1.807, 2.05) is 65.2 Å². The number of carbonyl (C=O) groups is 1. The second kappa shape index (κ2) is 9.58. The molecule has 0 bridgehead atoms. The molecule has 0 radical (unpaired) electrons. The van der Waals surface area contributed by atoms with Crippen LogP contribution in [0.1, 0.15) is 35.0 Å². The maximum Gasteiger partial charge on any atom is 0.238 e. The lowest BCUT2D eigenvalue weighted by molar-refractivity contribution is -0.120. The molecule has 1 N–H and O–H groups in total. The molecule has 1 aliphatic rings. The molecule has 7 heteroatoms. The van der Waals surface area contributed by atoms with Crippen LogP contribution in [-0.2, 0) is 11.2 Å². The Bertz CT molecular complexity index is 1220. The van der Waals surface area contributed by atoms with Crippen molar-refractivity contribution < 1.29 is 9.18 Å². The molecule has 1 atom stereocenters. The summed E-state index contributed by atoms with van der Waals surface area (Å²) in [5.74, 6) is 0.383. The Morgan fingerprint density at radius 1 is 0.970 bits per heavy atom. The first-order valence-corrected chi connectivity index (χ1v) is 11.8. The third-order valence-corrected chi connectivity index (χ3v) is 6.67. The van der Waals surface area contributed by atoms with Gasteiger partial charge in [0.25, 0.3) is 0 Å². The van der Waals surface area contributed by atoms with Crippen LogP contribution in [0.2, 0.25) is 0 Å². The van der Waals surface area contributed by atoms with Crippen molar-refractivity contribution in [3.8, 4) is 5.69 Å². The zero-order valence-corrected chi connectivity index (χ0v) is 18.7. The van der Waals surface area contributed by atoms with E-state index in [0.717, 1.165) is 35.5 Å². The Balaban J connectivity index is 1.52. The van der Waals surface area contributed by atoms with Crippen molar-refractivity contribution in [1.29, 1.82) is 0 Å². The van der Waals surface area contributed by atoms with Crippen molar-refractivity contribution in [2.45, 2.75) is 35.7 Å². The summed E-state index contributed by atoms with van der Waals surface area (Å²) < 4.78 is 15.6. The van der Waals surface area contributed by atoms with E-state index < -0.39 is 5.25 Å². The van der Waals surface area contributed by atoms with Gasteiger partial charge in [0.1, 0.15) is 16.9 Å². The number of nitrogens with zero attached hydrogens (tertiary/aromatic N) is 3. The second-order valence-corrected chi connectivity index (χ2v) is 9.14. The smallest absolute Gasteiger partial charge is 0.238 e. The highest BCUT2D eigenvalue weighted by atomic mass is 32.2. The summed E-state index contributed by atoms with van der Waals surface area (Å²) in [6.07, 6.45) is 2.60. The van der Waals surface area contributed by atoms with Gasteiger partial charge in [0, 0.05) is 18.2 Å². The van der Waals surface area contributed by atoms with Crippen molar-refractivity contribution in [3.63, 3.8) is 0 Å². The summed E-state index contributed by atoms with van der Waals surface area (Å²) >= 11 is 1.36. The predicted octanol–water partition coefficient (Wildman–Crippen LogP) is 5.11. The minimum absolute atomic E-state index is 0.0352. The number of rotatable bonds is 8. The lowest BCUT2D eigenvalue weighted by Crippen LogP contribution is -2.30. The highest BCUT2D eigenvalue weighted by molar-refractivity contribution is 8.00. The van der Waals surface area contributed by atoms with Gasteiger partial charge in [0.15, 0.2) is 5.16 Å². The van der Waals surface area contributed by atoms with E-state index in [2.05, 4.69) is 15.5 Å². The number of nitrogens with one attached hydrogen (secondary N) is 1. The van der Waals surface area contributed by atoms with E-state index in [1.54, 1.807) is 12.1 Å². The maximum absolute atomic E-state index is 13.6. The molecule has 1 aromatic heterocycles. The number of amides is 1. The number of halogens is 1. The van der Waals surface area contributed by atoms with Crippen molar-refractivity contribution >= 4 is 17.7 Å². The number of hydrogen-bond acceptors (Lipinski definition) is 4. The van der Waals surface area contributed by atoms with E-state index in [4.69, 9.17) is 0 Å². The van der Waals surface area contributed by atoms with Crippen LogP contribution in [0.25, 0.3) is 5.69 Å². The van der Waals surface area contributed by atoms with Gasteiger partial charge >= 0.3 is 0 Å². The average molecular weight is 459 g/mol. The van der Waals surface area contributed by atoms with Gasteiger partial charge in [-0.1, -0.05) is 72.4 Å². The second-order valence-electron chi connectivity index (χ2n) is 8.06. The summed E-state index contributed by atoms with van der Waals surface area (Å²) in [4.78, 5) is 13.1. The van der Waals surface area contributed by atoms with Crippen LogP contribution in [0.5, 0.6) is 0 Å². The fraction of sp³-hybridized carbons (Fsp3) is 0.192. The fourth-order valence-electron chi connectivity index (χ4n) is 3.63. The largest absolute Gasteiger partial charge is 0.352 e. The standard InChI is InChI=1S/C26H23FN4OS/c27-20-11-15-22(16-12-20)31-23(17-18-7-3-1-4-8-18)29-30-26(31)33-24(19-9-5-2-6-10-19)25(32)28-21-13-14-21/h1-12,15-16,21,24H,13-14,17H2,(H,28,32)/t24-/m0/s1. The Kier molecular flexibility index (Phi) is 6.21. The van der Waals surface area contributed by atoms with Gasteiger partial charge in [-0.25, -0.2) is 4.39 Å². The number of hydrogen-bond donors (Lipinski definition) is 1. The monoisotopic (exact) mass is 458 g/mol. The first-order chi connectivity index (χ1) is 16.2. The first kappa shape index (κ1) is 21.4. The van der Waals surface area contributed by atoms with E-state index in [0.29, 0.717) is 11.6 Å². The lowest BCUT2D eigenvalue weighted by atomic mass is 10.1. The van der Waals surface area contributed by atoms with Gasteiger partial charge in [0.2, 0.25) is 5.91 Å². The topological polar surface area (TPSA) is 59.8 Å². The predicted molar refractivity (Wildman–Crippen MR) is 127 cm³/mol. The molecule has 1 amide bonds. The normalized spacial score (nSPS) is 14.1. The van der Waals surface area contributed by atoms with Crippen molar-refractivity contribution in [1.82, 2.24) is 20.1 Å². The van der Waals surface area contributed by atoms with Crippen molar-refractivity contribution in [2.75, 3.05) is 0 Å². The van der Waals surface area contributed by atoms with Crippen LogP contribution >= 0.6 is 11.8 Å². The minimum Gasteiger partial charge on any atom is -0.352 e. The maximum atomic E-state index is 13.6. The zero-order valence-electron chi connectivity index (χ0n) is 17.9. The molecule has 1 heterocycles. The number of aromatic nitrogens is 3. The fourth-order valence-corrected chi connectivity index (χ4v) is 4.71. The quantitative estimate of drug-likeness (QED) is 0.373. The Morgan fingerprint density at radius 3 is 2.30 bits per heavy atom. The molecule has 3 aromatic carbocycles. The molecule has 0 unspecified atom stereocenters. The number of benzene rings is 3. The average Bonchev–Trinajstić information content (AvgIpc) is 3.58. The molecule has 33 heavy (non-hydrogen) atoms. The number of carbonyl (C=O) groups excluding carboxylic acids is 1. The summed E-state index contributed by atoms with van der Waals surface area (Å²) in [6.45, 7) is 0. The van der Waals surface area contributed by atoms with Crippen LogP contribution in [0.4, 0.5) is 4.39 Å². The summed E-state index contributed by atoms with van der Waals surface area (Å²) in [7, 11) is 0. The van der Waals surface area contributed by atoms with Gasteiger partial charge in [-0.15, -0.1) is 10.2 Å². The van der Waals surface area contributed by atoms with Crippen LogP contribution in [0.3, 0.4) is 0 Å². The Labute approximate surface area is 196 Å². The Morgan fingerprint density at radius 2 is 1.64 bits per heavy atom. The molecule has 166 valence electrons. The van der Waals surface area contributed by atoms with Crippen LogP contribution in [0, 0.1) is 5.82 Å². The molecule has 4 aromatic rings. The molecule has 5 rings (SSSR count). The van der Waals surface area contributed by atoms with Crippen molar-refractivity contribution in [3.05, 3.63) is 108 Å². The minimum atomic E-state index is -0.472. The van der Waals surface area contributed by atoms with Crippen LogP contribution < -0.4 is 5.32 Å². The van der Waals surface area contributed by atoms with Gasteiger partial charge in [-0.3, -0.25) is 9.36 Å². The molecular weight excluding hydrogens is 435 g/mol. The third kappa shape index (κ3) is 5.14. The first-order valence-electron chi connectivity index (χ1n) is 10.9. The molecule has 5 nitrogen and oxygen atoms in total. The van der Waals surface area contributed by atoms with Crippen LogP contribution in [0.15, 0.2) is 90.1 Å². The SMILES string of the molecule is O=C(NC1CC1)[C@@H](Sc1nnc(Cc2ccccc2)n1-c1ccc(F)cc1)c1ccccc1. The van der Waals surface area contributed by atoms with E-state index in [1.165, 1.54) is 23.9 Å². The summed E-state index contributed by atoms with van der Waals surface area (Å²) in [6, 6.07) is 26.2. The van der Waals surface area contributed by atoms with Crippen LogP contribution in [-0.4, -0.2) is 26.7 Å². The van der Waals surface area contributed by atoms with Gasteiger partial charge in [-0.05, 0) is 48.2 Å². The number of thioether (sulfide) groups is 1. The van der Waals surface area contributed by atoms with Gasteiger partial charge < -0.3 is 5.32 Å². The van der Waals surface area contributed by atoms with E-state index in [9.17, 15) is 9.18 Å². The lowest BCUT2D eigenvalue weighted by Gasteiger charge is -2.17. The highest BCUT2D eigenvalue weighted by Crippen LogP contribution is 2.37. The molecule has 0 saturated heterocycles. The summed E-state index contributed by atoms with van der Waals surface area (Å²) in [5.41, 5.74) is 2.75. The third-order valence-electron chi connectivity index (χ3n) is 5.48. The molecule has 0 spiro atoms. The summed E-state index contributed by atoms with van der Waals surface area (Å²) in [5, 5.41) is 12.1. The molecular formula is C26H23FN4OS. The zero-order chi connectivity index (χ0) is 22.6. The molecule has 1 fully saturated rings. The van der Waals surface area contributed by atoms with E-state index >= 15 is 0 Å². The van der Waals surface area contributed by atoms with Gasteiger partial charge in [0.05, 0.1) is 0 Å². The molecule has 1 aliphatic carbocycles. The van der Waals surface area contributed by atoms with Gasteiger partial charge in [-0.2, -0.15) is 0 Å².